The van der Waals surface area contributed by atoms with Gasteiger partial charge in [-0.1, -0.05) is 45.4 Å². The van der Waals surface area contributed by atoms with Crippen LogP contribution in [0.3, 0.4) is 0 Å². The number of rotatable bonds is 11. The third-order valence-corrected chi connectivity index (χ3v) is 4.61. The standard InChI is InChI=1S/C20H29NO6/c1-2-3-4-5-6-7-8-9-19-25-14-16(15-26-19)20(22)27-18-12-10-17(11-13-18)21(23)24/h10-13,16,19H,2-9,14-15H2,1H3/t16-,19-. The summed E-state index contributed by atoms with van der Waals surface area (Å²) in [6.45, 7) is 2.76. The van der Waals surface area contributed by atoms with Crippen molar-refractivity contribution in [1.82, 2.24) is 0 Å². The molecule has 1 aliphatic heterocycles. The highest BCUT2D eigenvalue weighted by molar-refractivity contribution is 5.75. The van der Waals surface area contributed by atoms with Gasteiger partial charge in [0.05, 0.1) is 18.1 Å². The molecule has 7 heteroatoms. The van der Waals surface area contributed by atoms with Gasteiger partial charge in [0.15, 0.2) is 6.29 Å². The first-order valence-corrected chi connectivity index (χ1v) is 9.79. The molecule has 7 nitrogen and oxygen atoms in total. The van der Waals surface area contributed by atoms with Gasteiger partial charge < -0.3 is 14.2 Å². The summed E-state index contributed by atoms with van der Waals surface area (Å²) in [5, 5.41) is 10.6. The molecule has 0 amide bonds. The van der Waals surface area contributed by atoms with Crippen molar-refractivity contribution in [2.45, 2.75) is 64.6 Å². The van der Waals surface area contributed by atoms with Gasteiger partial charge in [-0.2, -0.15) is 0 Å². The van der Waals surface area contributed by atoms with E-state index in [-0.39, 0.29) is 30.9 Å². The van der Waals surface area contributed by atoms with Crippen LogP contribution in [0.5, 0.6) is 5.75 Å². The molecule has 0 unspecified atom stereocenters. The molecule has 0 radical (unpaired) electrons. The number of unbranched alkanes of at least 4 members (excludes halogenated alkanes) is 6. The van der Waals surface area contributed by atoms with Crippen LogP contribution in [-0.4, -0.2) is 30.4 Å². The number of nitro benzene ring substituents is 1. The Morgan fingerprint density at radius 2 is 1.67 bits per heavy atom. The lowest BCUT2D eigenvalue weighted by Crippen LogP contribution is -2.38. The van der Waals surface area contributed by atoms with E-state index in [9.17, 15) is 14.9 Å². The van der Waals surface area contributed by atoms with Crippen LogP contribution in [0.4, 0.5) is 5.69 Å². The molecule has 1 fully saturated rings. The molecular weight excluding hydrogens is 350 g/mol. The van der Waals surface area contributed by atoms with Crippen molar-refractivity contribution >= 4 is 11.7 Å². The molecule has 0 aromatic heterocycles. The molecular formula is C20H29NO6. The molecule has 0 aliphatic carbocycles. The minimum absolute atomic E-state index is 0.0488. The molecule has 0 bridgehead atoms. The molecule has 1 aromatic carbocycles. The second-order valence-electron chi connectivity index (χ2n) is 6.88. The number of carbonyl (C=O) groups is 1. The summed E-state index contributed by atoms with van der Waals surface area (Å²) in [4.78, 5) is 22.3. The Morgan fingerprint density at radius 1 is 1.07 bits per heavy atom. The number of benzene rings is 1. The molecule has 2 rings (SSSR count). The van der Waals surface area contributed by atoms with E-state index < -0.39 is 16.8 Å². The van der Waals surface area contributed by atoms with E-state index in [0.717, 1.165) is 12.8 Å². The minimum atomic E-state index is -0.500. The first-order valence-electron chi connectivity index (χ1n) is 9.79. The summed E-state index contributed by atoms with van der Waals surface area (Å²) in [6, 6.07) is 5.41. The van der Waals surface area contributed by atoms with Gasteiger partial charge in [-0.15, -0.1) is 0 Å². The van der Waals surface area contributed by atoms with Crippen LogP contribution in [0.15, 0.2) is 24.3 Å². The highest BCUT2D eigenvalue weighted by Crippen LogP contribution is 2.21. The Bertz CT molecular complexity index is 581. The first kappa shape index (κ1) is 21.3. The number of esters is 1. The molecule has 0 spiro atoms. The third-order valence-electron chi connectivity index (χ3n) is 4.61. The lowest BCUT2D eigenvalue weighted by Gasteiger charge is -2.28. The van der Waals surface area contributed by atoms with E-state index in [1.54, 1.807) is 0 Å². The number of nitrogens with zero attached hydrogens (tertiary/aromatic N) is 1. The van der Waals surface area contributed by atoms with Crippen LogP contribution < -0.4 is 4.74 Å². The van der Waals surface area contributed by atoms with Gasteiger partial charge in [-0.25, -0.2) is 0 Å². The quantitative estimate of drug-likeness (QED) is 0.183. The number of carbonyl (C=O) groups excluding carboxylic acids is 1. The lowest BCUT2D eigenvalue weighted by atomic mass is 10.1. The lowest BCUT2D eigenvalue weighted by molar-refractivity contribution is -0.384. The van der Waals surface area contributed by atoms with Gasteiger partial charge in [-0.05, 0) is 25.0 Å². The second kappa shape index (κ2) is 11.7. The SMILES string of the molecule is CCCCCCCCC[C@H]1OC[C@H](C(=O)Oc2ccc([N+](=O)[O-])cc2)CO1. The van der Waals surface area contributed by atoms with Crippen molar-refractivity contribution in [2.75, 3.05) is 13.2 Å². The van der Waals surface area contributed by atoms with Crippen LogP contribution in [0.1, 0.15) is 58.3 Å². The van der Waals surface area contributed by atoms with Gasteiger partial charge in [0.2, 0.25) is 0 Å². The van der Waals surface area contributed by atoms with Crippen molar-refractivity contribution in [3.63, 3.8) is 0 Å². The number of hydrogen-bond acceptors (Lipinski definition) is 6. The van der Waals surface area contributed by atoms with Gasteiger partial charge >= 0.3 is 5.97 Å². The van der Waals surface area contributed by atoms with Crippen molar-refractivity contribution < 1.29 is 23.9 Å². The van der Waals surface area contributed by atoms with Crippen LogP contribution >= 0.6 is 0 Å². The van der Waals surface area contributed by atoms with Crippen LogP contribution in [0.25, 0.3) is 0 Å². The third kappa shape index (κ3) is 7.64. The molecule has 0 atom stereocenters. The molecule has 1 aliphatic rings. The van der Waals surface area contributed by atoms with Crippen molar-refractivity contribution in [3.05, 3.63) is 34.4 Å². The van der Waals surface area contributed by atoms with Crippen LogP contribution in [0, 0.1) is 16.0 Å². The van der Waals surface area contributed by atoms with E-state index in [1.165, 1.54) is 62.8 Å². The van der Waals surface area contributed by atoms with Crippen LogP contribution in [-0.2, 0) is 14.3 Å². The molecule has 0 N–H and O–H groups in total. The Kier molecular flexibility index (Phi) is 9.21. The molecule has 1 aromatic rings. The fourth-order valence-corrected chi connectivity index (χ4v) is 2.95. The van der Waals surface area contributed by atoms with Gasteiger partial charge in [0.25, 0.3) is 5.69 Å². The molecule has 1 heterocycles. The normalized spacial score (nSPS) is 19.6. The van der Waals surface area contributed by atoms with Crippen molar-refractivity contribution in [2.24, 2.45) is 5.92 Å². The maximum atomic E-state index is 12.2. The molecule has 0 saturated carbocycles. The zero-order valence-electron chi connectivity index (χ0n) is 15.9. The van der Waals surface area contributed by atoms with E-state index in [1.807, 2.05) is 0 Å². The van der Waals surface area contributed by atoms with Gasteiger partial charge in [0, 0.05) is 12.1 Å². The average Bonchev–Trinajstić information content (AvgIpc) is 2.68. The summed E-state index contributed by atoms with van der Waals surface area (Å²) >= 11 is 0. The van der Waals surface area contributed by atoms with Crippen molar-refractivity contribution in [3.8, 4) is 5.75 Å². The fourth-order valence-electron chi connectivity index (χ4n) is 2.95. The summed E-state index contributed by atoms with van der Waals surface area (Å²) in [5.41, 5.74) is -0.0488. The molecule has 1 saturated heterocycles. The van der Waals surface area contributed by atoms with E-state index in [4.69, 9.17) is 14.2 Å². The summed E-state index contributed by atoms with van der Waals surface area (Å²) in [6.07, 6.45) is 9.26. The van der Waals surface area contributed by atoms with E-state index >= 15 is 0 Å². The Morgan fingerprint density at radius 3 is 2.26 bits per heavy atom. The zero-order chi connectivity index (χ0) is 19.5. The summed E-state index contributed by atoms with van der Waals surface area (Å²) in [5.74, 6) is -0.653. The number of nitro groups is 1. The predicted molar refractivity (Wildman–Crippen MR) is 101 cm³/mol. The minimum Gasteiger partial charge on any atom is -0.426 e. The Labute approximate surface area is 160 Å². The van der Waals surface area contributed by atoms with E-state index in [2.05, 4.69) is 6.92 Å². The number of non-ortho nitro benzene ring substituents is 1. The Balaban J connectivity index is 1.61. The molecule has 27 heavy (non-hydrogen) atoms. The van der Waals surface area contributed by atoms with Gasteiger partial charge in [0.1, 0.15) is 11.7 Å². The first-order chi connectivity index (χ1) is 13.1. The highest BCUT2D eigenvalue weighted by Gasteiger charge is 2.29. The maximum Gasteiger partial charge on any atom is 0.319 e. The monoisotopic (exact) mass is 379 g/mol. The summed E-state index contributed by atoms with van der Waals surface area (Å²) in [7, 11) is 0. The number of ether oxygens (including phenoxy) is 3. The Hall–Kier alpha value is -1.99. The largest absolute Gasteiger partial charge is 0.426 e. The molecule has 150 valence electrons. The fraction of sp³-hybridized carbons (Fsp3) is 0.650. The summed E-state index contributed by atoms with van der Waals surface area (Å²) < 4.78 is 16.5. The predicted octanol–water partition coefficient (Wildman–Crippen LogP) is 4.63. The number of hydrogen-bond donors (Lipinski definition) is 0. The average molecular weight is 379 g/mol. The van der Waals surface area contributed by atoms with Crippen molar-refractivity contribution in [1.29, 1.82) is 0 Å². The smallest absolute Gasteiger partial charge is 0.319 e. The highest BCUT2D eigenvalue weighted by atomic mass is 16.7. The maximum absolute atomic E-state index is 12.2. The van der Waals surface area contributed by atoms with E-state index in [0.29, 0.717) is 0 Å². The zero-order valence-corrected chi connectivity index (χ0v) is 15.9. The second-order valence-corrected chi connectivity index (χ2v) is 6.88. The van der Waals surface area contributed by atoms with Crippen LogP contribution in [0.2, 0.25) is 0 Å². The van der Waals surface area contributed by atoms with Gasteiger partial charge in [-0.3, -0.25) is 14.9 Å². The topological polar surface area (TPSA) is 87.9 Å².